The second-order valence-electron chi connectivity index (χ2n) is 5.50. The number of nitrogen functional groups attached to an aromatic ring is 1. The fourth-order valence-corrected chi connectivity index (χ4v) is 2.57. The SMILES string of the molecule is CCC1(C)CCN(c2cccc(C#N)c2N)CC1. The fourth-order valence-electron chi connectivity index (χ4n) is 2.57. The van der Waals surface area contributed by atoms with Gasteiger partial charge >= 0.3 is 0 Å². The Morgan fingerprint density at radius 3 is 2.61 bits per heavy atom. The molecule has 1 heterocycles. The summed E-state index contributed by atoms with van der Waals surface area (Å²) in [6, 6.07) is 7.86. The van der Waals surface area contributed by atoms with Crippen molar-refractivity contribution >= 4 is 11.4 Å². The van der Waals surface area contributed by atoms with E-state index in [0.29, 0.717) is 16.7 Å². The molecule has 0 spiro atoms. The Labute approximate surface area is 109 Å². The summed E-state index contributed by atoms with van der Waals surface area (Å²) in [5.74, 6) is 0. The van der Waals surface area contributed by atoms with Gasteiger partial charge in [-0.2, -0.15) is 5.26 Å². The zero-order valence-corrected chi connectivity index (χ0v) is 11.2. The standard InChI is InChI=1S/C15H21N3/c1-3-15(2)7-9-18(10-8-15)13-6-4-5-12(11-16)14(13)17/h4-6H,3,7-10,17H2,1-2H3. The number of benzene rings is 1. The number of nitrogens with zero attached hydrogens (tertiary/aromatic N) is 2. The molecule has 0 atom stereocenters. The quantitative estimate of drug-likeness (QED) is 0.812. The third-order valence-electron chi connectivity index (χ3n) is 4.37. The van der Waals surface area contributed by atoms with Crippen LogP contribution >= 0.6 is 0 Å². The van der Waals surface area contributed by atoms with E-state index in [1.165, 1.54) is 19.3 Å². The van der Waals surface area contributed by atoms with Gasteiger partial charge in [0.05, 0.1) is 16.9 Å². The van der Waals surface area contributed by atoms with Crippen molar-refractivity contribution in [2.45, 2.75) is 33.1 Å². The molecule has 0 saturated carbocycles. The lowest BCUT2D eigenvalue weighted by Crippen LogP contribution is -2.38. The number of rotatable bonds is 2. The van der Waals surface area contributed by atoms with Crippen LogP contribution in [0, 0.1) is 16.7 Å². The molecule has 3 nitrogen and oxygen atoms in total. The Balaban J connectivity index is 2.18. The molecule has 2 N–H and O–H groups in total. The highest BCUT2D eigenvalue weighted by Gasteiger charge is 2.29. The summed E-state index contributed by atoms with van der Waals surface area (Å²) in [4.78, 5) is 2.31. The first-order chi connectivity index (χ1) is 8.59. The highest BCUT2D eigenvalue weighted by molar-refractivity contribution is 5.74. The molecular weight excluding hydrogens is 222 g/mol. The molecule has 3 heteroatoms. The third kappa shape index (κ3) is 2.28. The molecule has 2 rings (SSSR count). The summed E-state index contributed by atoms with van der Waals surface area (Å²) < 4.78 is 0. The number of hydrogen-bond acceptors (Lipinski definition) is 3. The smallest absolute Gasteiger partial charge is 0.101 e. The monoisotopic (exact) mass is 243 g/mol. The van der Waals surface area contributed by atoms with Crippen molar-refractivity contribution in [1.82, 2.24) is 0 Å². The van der Waals surface area contributed by atoms with Crippen LogP contribution in [0.4, 0.5) is 11.4 Å². The van der Waals surface area contributed by atoms with Gasteiger partial charge in [-0.15, -0.1) is 0 Å². The summed E-state index contributed by atoms with van der Waals surface area (Å²) in [5, 5.41) is 9.01. The van der Waals surface area contributed by atoms with Crippen molar-refractivity contribution in [2.24, 2.45) is 5.41 Å². The van der Waals surface area contributed by atoms with Gasteiger partial charge in [-0.05, 0) is 30.4 Å². The molecule has 1 saturated heterocycles. The minimum Gasteiger partial charge on any atom is -0.396 e. The molecule has 1 aliphatic heterocycles. The van der Waals surface area contributed by atoms with E-state index in [1.54, 1.807) is 6.07 Å². The molecule has 0 bridgehead atoms. The number of nitrogens with two attached hydrogens (primary N) is 1. The van der Waals surface area contributed by atoms with Crippen LogP contribution in [0.25, 0.3) is 0 Å². The Morgan fingerprint density at radius 2 is 2.06 bits per heavy atom. The molecule has 18 heavy (non-hydrogen) atoms. The highest BCUT2D eigenvalue weighted by atomic mass is 15.1. The first kappa shape index (κ1) is 12.8. The lowest BCUT2D eigenvalue weighted by Gasteiger charge is -2.40. The van der Waals surface area contributed by atoms with E-state index in [1.807, 2.05) is 12.1 Å². The van der Waals surface area contributed by atoms with Gasteiger partial charge in [0.2, 0.25) is 0 Å². The van der Waals surface area contributed by atoms with E-state index in [2.05, 4.69) is 24.8 Å². The van der Waals surface area contributed by atoms with Crippen molar-refractivity contribution in [2.75, 3.05) is 23.7 Å². The summed E-state index contributed by atoms with van der Waals surface area (Å²) >= 11 is 0. The first-order valence-electron chi connectivity index (χ1n) is 6.63. The largest absolute Gasteiger partial charge is 0.396 e. The molecule has 96 valence electrons. The summed E-state index contributed by atoms with van der Waals surface area (Å²) in [6.07, 6.45) is 3.62. The van der Waals surface area contributed by atoms with Gasteiger partial charge in [0.1, 0.15) is 6.07 Å². The molecule has 0 aromatic heterocycles. The molecule has 0 amide bonds. The zero-order valence-electron chi connectivity index (χ0n) is 11.2. The van der Waals surface area contributed by atoms with Crippen LogP contribution in [0.2, 0.25) is 0 Å². The minimum absolute atomic E-state index is 0.470. The average molecular weight is 243 g/mol. The summed E-state index contributed by atoms with van der Waals surface area (Å²) in [7, 11) is 0. The Kier molecular flexibility index (Phi) is 3.47. The van der Waals surface area contributed by atoms with Gasteiger partial charge in [-0.25, -0.2) is 0 Å². The van der Waals surface area contributed by atoms with E-state index < -0.39 is 0 Å². The van der Waals surface area contributed by atoms with Gasteiger partial charge in [-0.1, -0.05) is 26.3 Å². The molecule has 1 fully saturated rings. The van der Waals surface area contributed by atoms with E-state index in [0.717, 1.165) is 18.8 Å². The topological polar surface area (TPSA) is 53.0 Å². The second kappa shape index (κ2) is 4.89. The van der Waals surface area contributed by atoms with Gasteiger partial charge in [0, 0.05) is 13.1 Å². The Bertz CT molecular complexity index is 465. The maximum absolute atomic E-state index is 9.01. The van der Waals surface area contributed by atoms with E-state index in [9.17, 15) is 0 Å². The van der Waals surface area contributed by atoms with Crippen LogP contribution in [0.1, 0.15) is 38.7 Å². The van der Waals surface area contributed by atoms with Gasteiger partial charge in [-0.3, -0.25) is 0 Å². The van der Waals surface area contributed by atoms with Crippen LogP contribution in [0.5, 0.6) is 0 Å². The van der Waals surface area contributed by atoms with Crippen LogP contribution in [-0.4, -0.2) is 13.1 Å². The Hall–Kier alpha value is -1.69. The molecule has 1 aliphatic rings. The number of anilines is 2. The minimum atomic E-state index is 0.470. The molecule has 1 aromatic carbocycles. The normalized spacial score (nSPS) is 18.4. The van der Waals surface area contributed by atoms with Crippen molar-refractivity contribution in [1.29, 1.82) is 5.26 Å². The maximum Gasteiger partial charge on any atom is 0.101 e. The van der Waals surface area contributed by atoms with Crippen LogP contribution in [0.3, 0.4) is 0 Å². The van der Waals surface area contributed by atoms with Crippen molar-refractivity contribution < 1.29 is 0 Å². The molecular formula is C15H21N3. The molecule has 1 aromatic rings. The van der Waals surface area contributed by atoms with E-state index in [4.69, 9.17) is 11.0 Å². The number of nitriles is 1. The van der Waals surface area contributed by atoms with E-state index in [-0.39, 0.29) is 0 Å². The van der Waals surface area contributed by atoms with Crippen molar-refractivity contribution in [3.63, 3.8) is 0 Å². The molecule has 0 aliphatic carbocycles. The summed E-state index contributed by atoms with van der Waals surface area (Å²) in [5.41, 5.74) is 8.76. The average Bonchev–Trinajstić information content (AvgIpc) is 2.40. The van der Waals surface area contributed by atoms with Crippen LogP contribution < -0.4 is 10.6 Å². The number of para-hydroxylation sites is 1. The predicted octanol–water partition coefficient (Wildman–Crippen LogP) is 3.16. The fraction of sp³-hybridized carbons (Fsp3) is 0.533. The van der Waals surface area contributed by atoms with Gasteiger partial charge in [0.15, 0.2) is 0 Å². The lowest BCUT2D eigenvalue weighted by atomic mass is 9.78. The van der Waals surface area contributed by atoms with Crippen molar-refractivity contribution in [3.8, 4) is 6.07 Å². The molecule has 0 radical (unpaired) electrons. The summed E-state index contributed by atoms with van der Waals surface area (Å²) in [6.45, 7) is 6.69. The predicted molar refractivity (Wildman–Crippen MR) is 75.4 cm³/mol. The molecule has 0 unspecified atom stereocenters. The number of piperidine rings is 1. The van der Waals surface area contributed by atoms with Crippen LogP contribution in [-0.2, 0) is 0 Å². The Morgan fingerprint density at radius 1 is 1.39 bits per heavy atom. The highest BCUT2D eigenvalue weighted by Crippen LogP contribution is 2.37. The zero-order chi connectivity index (χ0) is 13.2. The van der Waals surface area contributed by atoms with Crippen LogP contribution in [0.15, 0.2) is 18.2 Å². The van der Waals surface area contributed by atoms with Crippen molar-refractivity contribution in [3.05, 3.63) is 23.8 Å². The third-order valence-corrected chi connectivity index (χ3v) is 4.37. The van der Waals surface area contributed by atoms with Gasteiger partial charge < -0.3 is 10.6 Å². The first-order valence-corrected chi connectivity index (χ1v) is 6.63. The number of hydrogen-bond donors (Lipinski definition) is 1. The van der Waals surface area contributed by atoms with Gasteiger partial charge in [0.25, 0.3) is 0 Å². The lowest BCUT2D eigenvalue weighted by molar-refractivity contribution is 0.238. The maximum atomic E-state index is 9.01. The van der Waals surface area contributed by atoms with E-state index >= 15 is 0 Å². The second-order valence-corrected chi connectivity index (χ2v) is 5.50.